The average Bonchev–Trinajstić information content (AvgIpc) is 2.53. The van der Waals surface area contributed by atoms with Gasteiger partial charge in [-0.3, -0.25) is 9.69 Å². The summed E-state index contributed by atoms with van der Waals surface area (Å²) >= 11 is 0. The molecule has 0 atom stereocenters. The number of nitrogens with zero attached hydrogens (tertiary/aromatic N) is 1. The van der Waals surface area contributed by atoms with Crippen LogP contribution in [0.4, 0.5) is 0 Å². The highest BCUT2D eigenvalue weighted by molar-refractivity contribution is 5.77. The molecule has 0 aromatic rings. The molecule has 0 saturated carbocycles. The summed E-state index contributed by atoms with van der Waals surface area (Å²) in [6.07, 6.45) is 3.52. The van der Waals surface area contributed by atoms with Gasteiger partial charge in [-0.1, -0.05) is 6.92 Å². The lowest BCUT2D eigenvalue weighted by molar-refractivity contribution is -0.122. The van der Waals surface area contributed by atoms with Gasteiger partial charge < -0.3 is 5.32 Å². The second-order valence-electron chi connectivity index (χ2n) is 3.33. The molecule has 0 aromatic heterocycles. The van der Waals surface area contributed by atoms with Gasteiger partial charge in [0.2, 0.25) is 5.91 Å². The first-order chi connectivity index (χ1) is 5.83. The predicted octanol–water partition coefficient (Wildman–Crippen LogP) is 0.608. The SMILES string of the molecule is CCCNC(=O)CN1CCCC1. The summed E-state index contributed by atoms with van der Waals surface area (Å²) < 4.78 is 0. The third-order valence-corrected chi connectivity index (χ3v) is 2.14. The van der Waals surface area contributed by atoms with Crippen molar-refractivity contribution in [2.75, 3.05) is 26.2 Å². The highest BCUT2D eigenvalue weighted by atomic mass is 16.2. The molecule has 1 saturated heterocycles. The largest absolute Gasteiger partial charge is 0.355 e. The fourth-order valence-electron chi connectivity index (χ4n) is 1.46. The number of carbonyl (C=O) groups excluding carboxylic acids is 1. The Hall–Kier alpha value is -0.570. The molecule has 12 heavy (non-hydrogen) atoms. The van der Waals surface area contributed by atoms with Crippen LogP contribution >= 0.6 is 0 Å². The maximum atomic E-state index is 11.2. The Kier molecular flexibility index (Phi) is 4.08. The Morgan fingerprint density at radius 3 is 2.67 bits per heavy atom. The zero-order valence-corrected chi connectivity index (χ0v) is 7.81. The van der Waals surface area contributed by atoms with E-state index < -0.39 is 0 Å². The number of hydrogen-bond donors (Lipinski definition) is 1. The van der Waals surface area contributed by atoms with Gasteiger partial charge in [0.15, 0.2) is 0 Å². The van der Waals surface area contributed by atoms with Crippen molar-refractivity contribution in [3.05, 3.63) is 0 Å². The molecular weight excluding hydrogens is 152 g/mol. The number of hydrogen-bond acceptors (Lipinski definition) is 2. The summed E-state index contributed by atoms with van der Waals surface area (Å²) in [6.45, 7) is 5.67. The van der Waals surface area contributed by atoms with Gasteiger partial charge in [-0.25, -0.2) is 0 Å². The minimum atomic E-state index is 0.179. The van der Waals surface area contributed by atoms with E-state index in [0.717, 1.165) is 26.1 Å². The minimum absolute atomic E-state index is 0.179. The molecule has 70 valence electrons. The molecule has 1 heterocycles. The Balaban J connectivity index is 2.08. The lowest BCUT2D eigenvalue weighted by Gasteiger charge is -2.13. The van der Waals surface area contributed by atoms with E-state index in [2.05, 4.69) is 17.1 Å². The zero-order valence-electron chi connectivity index (χ0n) is 7.81. The van der Waals surface area contributed by atoms with E-state index in [9.17, 15) is 4.79 Å². The van der Waals surface area contributed by atoms with Crippen LogP contribution in [-0.2, 0) is 4.79 Å². The van der Waals surface area contributed by atoms with E-state index in [1.54, 1.807) is 0 Å². The van der Waals surface area contributed by atoms with Gasteiger partial charge in [0.1, 0.15) is 0 Å². The van der Waals surface area contributed by atoms with Gasteiger partial charge in [0, 0.05) is 6.54 Å². The van der Waals surface area contributed by atoms with Gasteiger partial charge in [-0.2, -0.15) is 0 Å². The average molecular weight is 170 g/mol. The van der Waals surface area contributed by atoms with Crippen molar-refractivity contribution in [3.8, 4) is 0 Å². The predicted molar refractivity (Wildman–Crippen MR) is 49.0 cm³/mol. The molecule has 0 aromatic carbocycles. The van der Waals surface area contributed by atoms with E-state index >= 15 is 0 Å². The molecule has 1 fully saturated rings. The maximum absolute atomic E-state index is 11.2. The standard InChI is InChI=1S/C9H18N2O/c1-2-5-10-9(12)8-11-6-3-4-7-11/h2-8H2,1H3,(H,10,12). The lowest BCUT2D eigenvalue weighted by Crippen LogP contribution is -2.35. The van der Waals surface area contributed by atoms with Crippen molar-refractivity contribution in [1.82, 2.24) is 10.2 Å². The molecule has 1 amide bonds. The molecule has 1 rings (SSSR count). The van der Waals surface area contributed by atoms with Crippen molar-refractivity contribution in [1.29, 1.82) is 0 Å². The summed E-state index contributed by atoms with van der Waals surface area (Å²) in [5.74, 6) is 0.179. The first-order valence-corrected chi connectivity index (χ1v) is 4.82. The van der Waals surface area contributed by atoms with E-state index in [1.807, 2.05) is 0 Å². The van der Waals surface area contributed by atoms with Crippen LogP contribution in [0.3, 0.4) is 0 Å². The summed E-state index contributed by atoms with van der Waals surface area (Å²) in [7, 11) is 0. The molecule has 0 bridgehead atoms. The first-order valence-electron chi connectivity index (χ1n) is 4.82. The van der Waals surface area contributed by atoms with E-state index in [4.69, 9.17) is 0 Å². The third kappa shape index (κ3) is 3.22. The van der Waals surface area contributed by atoms with Gasteiger partial charge in [0.25, 0.3) is 0 Å². The Morgan fingerprint density at radius 1 is 1.42 bits per heavy atom. The fraction of sp³-hybridized carbons (Fsp3) is 0.889. The molecule has 0 radical (unpaired) electrons. The summed E-state index contributed by atoms with van der Waals surface area (Å²) in [4.78, 5) is 13.4. The van der Waals surface area contributed by atoms with E-state index in [-0.39, 0.29) is 5.91 Å². The molecule has 1 aliphatic rings. The van der Waals surface area contributed by atoms with Crippen molar-refractivity contribution < 1.29 is 4.79 Å². The van der Waals surface area contributed by atoms with Crippen LogP contribution in [-0.4, -0.2) is 37.0 Å². The molecule has 0 unspecified atom stereocenters. The number of nitrogens with one attached hydrogen (secondary N) is 1. The van der Waals surface area contributed by atoms with Gasteiger partial charge in [-0.05, 0) is 32.4 Å². The first kappa shape index (κ1) is 9.52. The van der Waals surface area contributed by atoms with Crippen molar-refractivity contribution in [2.45, 2.75) is 26.2 Å². The highest BCUT2D eigenvalue weighted by Gasteiger charge is 2.13. The third-order valence-electron chi connectivity index (χ3n) is 2.14. The summed E-state index contributed by atoms with van der Waals surface area (Å²) in [5, 5.41) is 2.88. The second kappa shape index (κ2) is 5.14. The molecule has 1 aliphatic heterocycles. The fourth-order valence-corrected chi connectivity index (χ4v) is 1.46. The molecule has 3 nitrogen and oxygen atoms in total. The number of likely N-dealkylation sites (tertiary alicyclic amines) is 1. The van der Waals surface area contributed by atoms with Crippen LogP contribution in [0, 0.1) is 0 Å². The minimum Gasteiger partial charge on any atom is -0.355 e. The Labute approximate surface area is 74.1 Å². The Bertz CT molecular complexity index is 141. The van der Waals surface area contributed by atoms with Gasteiger partial charge in [0.05, 0.1) is 6.54 Å². The van der Waals surface area contributed by atoms with Crippen molar-refractivity contribution in [2.24, 2.45) is 0 Å². The number of amides is 1. The molecular formula is C9H18N2O. The molecule has 3 heteroatoms. The van der Waals surface area contributed by atoms with Gasteiger partial charge >= 0.3 is 0 Å². The van der Waals surface area contributed by atoms with Crippen molar-refractivity contribution in [3.63, 3.8) is 0 Å². The van der Waals surface area contributed by atoms with Crippen LogP contribution in [0.25, 0.3) is 0 Å². The van der Waals surface area contributed by atoms with E-state index in [0.29, 0.717) is 6.54 Å². The van der Waals surface area contributed by atoms with Gasteiger partial charge in [-0.15, -0.1) is 0 Å². The van der Waals surface area contributed by atoms with Crippen LogP contribution < -0.4 is 5.32 Å². The molecule has 0 aliphatic carbocycles. The molecule has 1 N–H and O–H groups in total. The molecule has 0 spiro atoms. The van der Waals surface area contributed by atoms with E-state index in [1.165, 1.54) is 12.8 Å². The smallest absolute Gasteiger partial charge is 0.234 e. The quantitative estimate of drug-likeness (QED) is 0.670. The zero-order chi connectivity index (χ0) is 8.81. The Morgan fingerprint density at radius 2 is 2.08 bits per heavy atom. The summed E-state index contributed by atoms with van der Waals surface area (Å²) in [6, 6.07) is 0. The topological polar surface area (TPSA) is 32.3 Å². The number of rotatable bonds is 4. The lowest BCUT2D eigenvalue weighted by atomic mass is 10.4. The van der Waals surface area contributed by atoms with Crippen LogP contribution in [0.2, 0.25) is 0 Å². The maximum Gasteiger partial charge on any atom is 0.234 e. The van der Waals surface area contributed by atoms with Crippen LogP contribution in [0.5, 0.6) is 0 Å². The normalized spacial score (nSPS) is 18.1. The van der Waals surface area contributed by atoms with Crippen molar-refractivity contribution >= 4 is 5.91 Å². The highest BCUT2D eigenvalue weighted by Crippen LogP contribution is 2.05. The van der Waals surface area contributed by atoms with Crippen LogP contribution in [0.1, 0.15) is 26.2 Å². The monoisotopic (exact) mass is 170 g/mol. The van der Waals surface area contributed by atoms with Crippen LogP contribution in [0.15, 0.2) is 0 Å². The number of carbonyl (C=O) groups is 1. The summed E-state index contributed by atoms with van der Waals surface area (Å²) in [5.41, 5.74) is 0. The second-order valence-corrected chi connectivity index (χ2v) is 3.33.